The largest absolute Gasteiger partial charge is 0.444 e. The molecule has 2 unspecified atom stereocenters. The highest BCUT2D eigenvalue weighted by atomic mass is 16.7. The average molecular weight is 287 g/mol. The predicted molar refractivity (Wildman–Crippen MR) is 68.2 cm³/mol. The SMILES string of the molecule is COC1(OC)COC2C(=O)CN(C(=O)OC(C)(C)C)C21. The van der Waals surface area contributed by atoms with Crippen molar-refractivity contribution in [2.24, 2.45) is 0 Å². The third-order valence-electron chi connectivity index (χ3n) is 3.50. The summed E-state index contributed by atoms with van der Waals surface area (Å²) in [6.45, 7) is 5.35. The predicted octanol–water partition coefficient (Wildman–Crippen LogP) is 0.563. The molecule has 0 N–H and O–H groups in total. The van der Waals surface area contributed by atoms with Crippen LogP contribution < -0.4 is 0 Å². The number of rotatable bonds is 2. The van der Waals surface area contributed by atoms with Crippen LogP contribution in [0, 0.1) is 0 Å². The van der Waals surface area contributed by atoms with Crippen molar-refractivity contribution in [3.05, 3.63) is 0 Å². The van der Waals surface area contributed by atoms with Gasteiger partial charge in [-0.05, 0) is 20.8 Å². The van der Waals surface area contributed by atoms with E-state index in [1.807, 2.05) is 0 Å². The van der Waals surface area contributed by atoms with E-state index >= 15 is 0 Å². The number of amides is 1. The van der Waals surface area contributed by atoms with Gasteiger partial charge in [-0.25, -0.2) is 4.79 Å². The Labute approximate surface area is 118 Å². The minimum atomic E-state index is -1.13. The fourth-order valence-electron chi connectivity index (χ4n) is 2.58. The van der Waals surface area contributed by atoms with Crippen LogP contribution in [0.5, 0.6) is 0 Å². The summed E-state index contributed by atoms with van der Waals surface area (Å²) in [5.41, 5.74) is -0.638. The van der Waals surface area contributed by atoms with Crippen molar-refractivity contribution < 1.29 is 28.5 Å². The number of fused-ring (bicyclic) bond motifs is 1. The highest BCUT2D eigenvalue weighted by Crippen LogP contribution is 2.37. The van der Waals surface area contributed by atoms with Gasteiger partial charge in [-0.2, -0.15) is 0 Å². The average Bonchev–Trinajstić information content (AvgIpc) is 2.87. The molecule has 0 aliphatic carbocycles. The van der Waals surface area contributed by atoms with Gasteiger partial charge in [0.15, 0.2) is 5.78 Å². The van der Waals surface area contributed by atoms with Crippen molar-refractivity contribution in [3.63, 3.8) is 0 Å². The van der Waals surface area contributed by atoms with E-state index in [1.165, 1.54) is 19.1 Å². The van der Waals surface area contributed by atoms with Crippen LogP contribution in [-0.2, 0) is 23.7 Å². The molecule has 2 aliphatic rings. The summed E-state index contributed by atoms with van der Waals surface area (Å²) in [7, 11) is 2.93. The second-order valence-electron chi connectivity index (χ2n) is 5.97. The van der Waals surface area contributed by atoms with E-state index in [1.54, 1.807) is 20.8 Å². The van der Waals surface area contributed by atoms with E-state index in [-0.39, 0.29) is 18.9 Å². The Morgan fingerprint density at radius 3 is 2.45 bits per heavy atom. The molecule has 7 heteroatoms. The molecule has 0 aromatic carbocycles. The van der Waals surface area contributed by atoms with Crippen molar-refractivity contribution >= 4 is 11.9 Å². The molecule has 7 nitrogen and oxygen atoms in total. The summed E-state index contributed by atoms with van der Waals surface area (Å²) < 4.78 is 21.5. The van der Waals surface area contributed by atoms with E-state index in [9.17, 15) is 9.59 Å². The van der Waals surface area contributed by atoms with Crippen LogP contribution in [0.3, 0.4) is 0 Å². The van der Waals surface area contributed by atoms with Crippen molar-refractivity contribution in [2.45, 2.75) is 44.3 Å². The maximum absolute atomic E-state index is 12.3. The molecule has 2 saturated heterocycles. The monoisotopic (exact) mass is 287 g/mol. The summed E-state index contributed by atoms with van der Waals surface area (Å²) in [5.74, 6) is -1.30. The van der Waals surface area contributed by atoms with Crippen LogP contribution in [0.4, 0.5) is 4.79 Å². The number of Topliss-reactive ketones (excluding diaryl/α,β-unsaturated/α-hetero) is 1. The van der Waals surface area contributed by atoms with E-state index in [2.05, 4.69) is 0 Å². The lowest BCUT2D eigenvalue weighted by Crippen LogP contribution is -2.55. The van der Waals surface area contributed by atoms with Crippen LogP contribution in [-0.4, -0.2) is 67.7 Å². The summed E-state index contributed by atoms with van der Waals surface area (Å²) in [6, 6.07) is -0.625. The number of hydrogen-bond acceptors (Lipinski definition) is 6. The molecule has 2 fully saturated rings. The van der Waals surface area contributed by atoms with Gasteiger partial charge in [0.2, 0.25) is 5.79 Å². The van der Waals surface area contributed by atoms with Gasteiger partial charge in [0.25, 0.3) is 0 Å². The zero-order valence-corrected chi connectivity index (χ0v) is 12.5. The number of carbonyl (C=O) groups is 2. The summed E-state index contributed by atoms with van der Waals surface area (Å²) >= 11 is 0. The molecule has 114 valence electrons. The molecule has 0 bridgehead atoms. The van der Waals surface area contributed by atoms with Crippen LogP contribution in [0.2, 0.25) is 0 Å². The smallest absolute Gasteiger partial charge is 0.411 e. The van der Waals surface area contributed by atoms with Crippen molar-refractivity contribution in [1.29, 1.82) is 0 Å². The van der Waals surface area contributed by atoms with Gasteiger partial charge in [-0.1, -0.05) is 0 Å². The van der Waals surface area contributed by atoms with Gasteiger partial charge in [-0.3, -0.25) is 9.69 Å². The Kier molecular flexibility index (Phi) is 3.79. The molecule has 2 aliphatic heterocycles. The molecule has 0 aromatic rings. The first-order valence-corrected chi connectivity index (χ1v) is 6.48. The molecule has 0 aromatic heterocycles. The fraction of sp³-hybridized carbons (Fsp3) is 0.846. The van der Waals surface area contributed by atoms with Gasteiger partial charge >= 0.3 is 6.09 Å². The van der Waals surface area contributed by atoms with Gasteiger partial charge in [0.1, 0.15) is 24.4 Å². The normalized spacial score (nSPS) is 28.6. The zero-order chi connectivity index (χ0) is 15.1. The zero-order valence-electron chi connectivity index (χ0n) is 12.5. The first-order valence-electron chi connectivity index (χ1n) is 6.48. The molecule has 1 amide bonds. The van der Waals surface area contributed by atoms with Crippen LogP contribution in [0.15, 0.2) is 0 Å². The molecule has 20 heavy (non-hydrogen) atoms. The van der Waals surface area contributed by atoms with Crippen LogP contribution >= 0.6 is 0 Å². The lowest BCUT2D eigenvalue weighted by Gasteiger charge is -2.35. The number of methoxy groups -OCH3 is 2. The van der Waals surface area contributed by atoms with Gasteiger partial charge in [-0.15, -0.1) is 0 Å². The Morgan fingerprint density at radius 1 is 1.35 bits per heavy atom. The van der Waals surface area contributed by atoms with E-state index in [0.717, 1.165) is 0 Å². The molecule has 2 atom stereocenters. The molecule has 0 radical (unpaired) electrons. The second-order valence-corrected chi connectivity index (χ2v) is 5.97. The molecule has 0 saturated carbocycles. The number of ketones is 1. The maximum atomic E-state index is 12.3. The van der Waals surface area contributed by atoms with Crippen molar-refractivity contribution in [3.8, 4) is 0 Å². The Bertz CT molecular complexity index is 412. The van der Waals surface area contributed by atoms with Crippen LogP contribution in [0.1, 0.15) is 20.8 Å². The maximum Gasteiger partial charge on any atom is 0.411 e. The number of hydrogen-bond donors (Lipinski definition) is 0. The minimum Gasteiger partial charge on any atom is -0.444 e. The third kappa shape index (κ3) is 2.41. The van der Waals surface area contributed by atoms with Crippen molar-refractivity contribution in [1.82, 2.24) is 4.90 Å². The van der Waals surface area contributed by atoms with E-state index in [0.29, 0.717) is 0 Å². The first-order chi connectivity index (χ1) is 9.24. The highest BCUT2D eigenvalue weighted by molar-refractivity contribution is 5.92. The second kappa shape index (κ2) is 4.98. The van der Waals surface area contributed by atoms with E-state index < -0.39 is 29.6 Å². The topological polar surface area (TPSA) is 74.3 Å². The number of ether oxygens (including phenoxy) is 4. The van der Waals surface area contributed by atoms with Crippen LogP contribution in [0.25, 0.3) is 0 Å². The lowest BCUT2D eigenvalue weighted by molar-refractivity contribution is -0.224. The highest BCUT2D eigenvalue weighted by Gasteiger charge is 2.62. The number of likely N-dealkylation sites (tertiary alicyclic amines) is 1. The van der Waals surface area contributed by atoms with Gasteiger partial charge in [0.05, 0.1) is 6.54 Å². The Hall–Kier alpha value is -1.18. The standard InChI is InChI=1S/C13H21NO6/c1-12(2,3)20-11(16)14-6-8(15)9-10(14)13(17-4,18-5)7-19-9/h9-10H,6-7H2,1-5H3. The van der Waals surface area contributed by atoms with Crippen molar-refractivity contribution in [2.75, 3.05) is 27.4 Å². The third-order valence-corrected chi connectivity index (χ3v) is 3.50. The lowest BCUT2D eigenvalue weighted by atomic mass is 10.1. The Balaban J connectivity index is 2.25. The molecule has 2 heterocycles. The summed E-state index contributed by atoms with van der Waals surface area (Å²) in [6.07, 6.45) is -1.29. The molecular formula is C13H21NO6. The minimum absolute atomic E-state index is 0.0568. The van der Waals surface area contributed by atoms with E-state index in [4.69, 9.17) is 18.9 Å². The first kappa shape index (κ1) is 15.2. The molecule has 0 spiro atoms. The Morgan fingerprint density at radius 2 is 1.95 bits per heavy atom. The fourth-order valence-corrected chi connectivity index (χ4v) is 2.58. The van der Waals surface area contributed by atoms with Gasteiger partial charge < -0.3 is 18.9 Å². The molecule has 2 rings (SSSR count). The van der Waals surface area contributed by atoms with Gasteiger partial charge in [0, 0.05) is 14.2 Å². The number of carbonyl (C=O) groups excluding carboxylic acids is 2. The number of nitrogens with zero attached hydrogens (tertiary/aromatic N) is 1. The molecular weight excluding hydrogens is 266 g/mol. The summed E-state index contributed by atoms with van der Waals surface area (Å²) in [4.78, 5) is 25.6. The summed E-state index contributed by atoms with van der Waals surface area (Å²) in [5, 5.41) is 0. The quantitative estimate of drug-likeness (QED) is 0.691.